The second-order valence-corrected chi connectivity index (χ2v) is 9.04. The molecule has 0 saturated heterocycles. The molecule has 1 rings (SSSR count). The van der Waals surface area contributed by atoms with Crippen LogP contribution in [0.2, 0.25) is 0 Å². The first kappa shape index (κ1) is 24.7. The van der Waals surface area contributed by atoms with Gasteiger partial charge >= 0.3 is 0 Å². The highest BCUT2D eigenvalue weighted by Gasteiger charge is 2.21. The van der Waals surface area contributed by atoms with Crippen molar-refractivity contribution in [2.24, 2.45) is 5.92 Å². The van der Waals surface area contributed by atoms with Gasteiger partial charge in [0, 0.05) is 12.3 Å². The maximum absolute atomic E-state index is 11.9. The summed E-state index contributed by atoms with van der Waals surface area (Å²) < 4.78 is 0. The average molecular weight is 385 g/mol. The molecule has 0 bridgehead atoms. The Hall–Kier alpha value is -1.37. The highest BCUT2D eigenvalue weighted by Crippen LogP contribution is 2.26. The predicted molar refractivity (Wildman–Crippen MR) is 125 cm³/mol. The predicted octanol–water partition coefficient (Wildman–Crippen LogP) is 8.67. The van der Waals surface area contributed by atoms with Gasteiger partial charge < -0.3 is 0 Å². The molecule has 1 fully saturated rings. The minimum Gasteiger partial charge on any atom is -0.299 e. The smallest absolute Gasteiger partial charge is 0.135 e. The molecular formula is C27H44O. The molecule has 0 N–H and O–H groups in total. The normalized spacial score (nSPS) is 19.1. The third-order valence-corrected chi connectivity index (χ3v) is 5.84. The molecule has 158 valence electrons. The fraction of sp³-hybridized carbons (Fsp3) is 0.667. The summed E-state index contributed by atoms with van der Waals surface area (Å²) in [6, 6.07) is 0. The van der Waals surface area contributed by atoms with Crippen molar-refractivity contribution in [2.45, 2.75) is 112 Å². The van der Waals surface area contributed by atoms with Crippen LogP contribution in [-0.4, -0.2) is 5.78 Å². The monoisotopic (exact) mass is 384 g/mol. The van der Waals surface area contributed by atoms with Crippen LogP contribution in [0.4, 0.5) is 0 Å². The first-order valence-corrected chi connectivity index (χ1v) is 11.5. The summed E-state index contributed by atoms with van der Waals surface area (Å²) in [4.78, 5) is 11.9. The molecule has 0 heterocycles. The van der Waals surface area contributed by atoms with E-state index in [2.05, 4.69) is 58.9 Å². The van der Waals surface area contributed by atoms with E-state index in [-0.39, 0.29) is 0 Å². The van der Waals surface area contributed by atoms with Gasteiger partial charge in [0.25, 0.3) is 0 Å². The lowest BCUT2D eigenvalue weighted by molar-refractivity contribution is -0.124. The number of hydrogen-bond donors (Lipinski definition) is 0. The van der Waals surface area contributed by atoms with Crippen molar-refractivity contribution in [3.05, 3.63) is 46.6 Å². The van der Waals surface area contributed by atoms with Crippen LogP contribution >= 0.6 is 0 Å². The Bertz CT molecular complexity index is 581. The molecule has 0 aromatic rings. The van der Waals surface area contributed by atoms with E-state index in [4.69, 9.17) is 0 Å². The Morgan fingerprint density at radius 3 is 1.86 bits per heavy atom. The Kier molecular flexibility index (Phi) is 12.9. The number of hydrogen-bond acceptors (Lipinski definition) is 1. The SMILES string of the molecule is CC(C)=CCCC(C)=CCCC(C)=CCCC=C(C)CCC1CCCCC1=O. The van der Waals surface area contributed by atoms with E-state index in [1.807, 2.05) is 0 Å². The third kappa shape index (κ3) is 12.2. The number of allylic oxidation sites excluding steroid dienone is 8. The number of carbonyl (C=O) groups excluding carboxylic acids is 1. The van der Waals surface area contributed by atoms with E-state index in [1.165, 1.54) is 48.0 Å². The Morgan fingerprint density at radius 2 is 1.29 bits per heavy atom. The highest BCUT2D eigenvalue weighted by atomic mass is 16.1. The van der Waals surface area contributed by atoms with Crippen LogP contribution in [0.5, 0.6) is 0 Å². The van der Waals surface area contributed by atoms with E-state index in [9.17, 15) is 4.79 Å². The van der Waals surface area contributed by atoms with E-state index >= 15 is 0 Å². The van der Waals surface area contributed by atoms with E-state index in [0.717, 1.165) is 51.4 Å². The highest BCUT2D eigenvalue weighted by molar-refractivity contribution is 5.81. The van der Waals surface area contributed by atoms with Gasteiger partial charge in [-0.15, -0.1) is 0 Å². The van der Waals surface area contributed by atoms with Gasteiger partial charge in [-0.3, -0.25) is 4.79 Å². The minimum absolute atomic E-state index is 0.345. The number of ketones is 1. The Morgan fingerprint density at radius 1 is 0.750 bits per heavy atom. The molecule has 1 saturated carbocycles. The summed E-state index contributed by atoms with van der Waals surface area (Å²) in [6.45, 7) is 11.1. The fourth-order valence-corrected chi connectivity index (χ4v) is 3.86. The average Bonchev–Trinajstić information content (AvgIpc) is 2.64. The fourth-order valence-electron chi connectivity index (χ4n) is 3.86. The van der Waals surface area contributed by atoms with E-state index in [0.29, 0.717) is 11.7 Å². The zero-order chi connectivity index (χ0) is 20.8. The Balaban J connectivity index is 2.19. The molecule has 1 aliphatic carbocycles. The molecular weight excluding hydrogens is 340 g/mol. The molecule has 1 atom stereocenters. The van der Waals surface area contributed by atoms with Crippen LogP contribution in [0, 0.1) is 5.92 Å². The van der Waals surface area contributed by atoms with Crippen molar-refractivity contribution < 1.29 is 4.79 Å². The van der Waals surface area contributed by atoms with Crippen molar-refractivity contribution in [2.75, 3.05) is 0 Å². The van der Waals surface area contributed by atoms with Gasteiger partial charge in [0.15, 0.2) is 0 Å². The lowest BCUT2D eigenvalue weighted by Gasteiger charge is -2.20. The van der Waals surface area contributed by atoms with Crippen molar-refractivity contribution in [1.29, 1.82) is 0 Å². The largest absolute Gasteiger partial charge is 0.299 e. The minimum atomic E-state index is 0.345. The molecule has 0 aromatic carbocycles. The van der Waals surface area contributed by atoms with Crippen LogP contribution in [-0.2, 0) is 4.79 Å². The number of Topliss-reactive ketones (excluding diaryl/α,β-unsaturated/α-hetero) is 1. The summed E-state index contributed by atoms with van der Waals surface area (Å²) in [5.74, 6) is 0.858. The van der Waals surface area contributed by atoms with Gasteiger partial charge in [0.2, 0.25) is 0 Å². The van der Waals surface area contributed by atoms with Crippen LogP contribution in [0.1, 0.15) is 112 Å². The molecule has 0 spiro atoms. The second-order valence-electron chi connectivity index (χ2n) is 9.04. The van der Waals surface area contributed by atoms with Gasteiger partial charge in [-0.2, -0.15) is 0 Å². The quantitative estimate of drug-likeness (QED) is 0.243. The van der Waals surface area contributed by atoms with Gasteiger partial charge in [0.1, 0.15) is 5.78 Å². The summed E-state index contributed by atoms with van der Waals surface area (Å²) in [5.41, 5.74) is 5.89. The van der Waals surface area contributed by atoms with E-state index < -0.39 is 0 Å². The number of unbranched alkanes of at least 4 members (excludes halogenated alkanes) is 1. The van der Waals surface area contributed by atoms with Crippen LogP contribution in [0.3, 0.4) is 0 Å². The molecule has 0 amide bonds. The maximum atomic E-state index is 11.9. The molecule has 1 unspecified atom stereocenters. The zero-order valence-electron chi connectivity index (χ0n) is 19.3. The molecule has 0 aliphatic heterocycles. The number of rotatable bonds is 12. The third-order valence-electron chi connectivity index (χ3n) is 5.84. The lowest BCUT2D eigenvalue weighted by Crippen LogP contribution is -2.18. The summed E-state index contributed by atoms with van der Waals surface area (Å²) in [5, 5.41) is 0. The molecule has 28 heavy (non-hydrogen) atoms. The molecule has 1 aliphatic rings. The Labute approximate surface area is 175 Å². The van der Waals surface area contributed by atoms with Gasteiger partial charge in [0.05, 0.1) is 0 Å². The topological polar surface area (TPSA) is 17.1 Å². The maximum Gasteiger partial charge on any atom is 0.135 e. The van der Waals surface area contributed by atoms with Crippen LogP contribution < -0.4 is 0 Å². The number of carbonyl (C=O) groups is 1. The summed E-state index contributed by atoms with van der Waals surface area (Å²) in [7, 11) is 0. The van der Waals surface area contributed by atoms with Gasteiger partial charge in [-0.25, -0.2) is 0 Å². The van der Waals surface area contributed by atoms with Crippen LogP contribution in [0.25, 0.3) is 0 Å². The van der Waals surface area contributed by atoms with Crippen molar-refractivity contribution >= 4 is 5.78 Å². The molecule has 0 radical (unpaired) electrons. The first-order chi connectivity index (χ1) is 13.4. The van der Waals surface area contributed by atoms with Crippen LogP contribution in [0.15, 0.2) is 46.6 Å². The molecule has 0 aromatic heterocycles. The van der Waals surface area contributed by atoms with Crippen molar-refractivity contribution in [1.82, 2.24) is 0 Å². The van der Waals surface area contributed by atoms with Crippen molar-refractivity contribution in [3.8, 4) is 0 Å². The zero-order valence-corrected chi connectivity index (χ0v) is 19.3. The van der Waals surface area contributed by atoms with Crippen molar-refractivity contribution in [3.63, 3.8) is 0 Å². The first-order valence-electron chi connectivity index (χ1n) is 11.5. The standard InChI is InChI=1S/C27H44O/c1-22(2)12-10-15-24(4)17-11-16-23(3)13-6-7-14-25(5)20-21-26-18-8-9-19-27(26)28/h12-14,17,26H,6-11,15-16,18-21H2,1-5H3. The second kappa shape index (κ2) is 14.6. The van der Waals surface area contributed by atoms with Gasteiger partial charge in [-0.05, 0) is 98.8 Å². The summed E-state index contributed by atoms with van der Waals surface area (Å²) >= 11 is 0. The van der Waals surface area contributed by atoms with E-state index in [1.54, 1.807) is 0 Å². The molecule has 1 heteroatoms. The van der Waals surface area contributed by atoms with Gasteiger partial charge in [-0.1, -0.05) is 53.0 Å². The molecule has 1 nitrogen and oxygen atoms in total. The summed E-state index contributed by atoms with van der Waals surface area (Å²) in [6.07, 6.45) is 22.9. The lowest BCUT2D eigenvalue weighted by atomic mass is 9.84.